The minimum atomic E-state index is -0.213. The number of imidazole rings is 1. The summed E-state index contributed by atoms with van der Waals surface area (Å²) in [6, 6.07) is 2.01. The minimum absolute atomic E-state index is 0.100. The quantitative estimate of drug-likeness (QED) is 0.808. The second-order valence-electron chi connectivity index (χ2n) is 5.07. The zero-order chi connectivity index (χ0) is 14.7. The predicted octanol–water partition coefficient (Wildman–Crippen LogP) is 1.07. The molecule has 6 heteroatoms. The van der Waals surface area contributed by atoms with E-state index in [-0.39, 0.29) is 11.9 Å². The van der Waals surface area contributed by atoms with Gasteiger partial charge in [-0.15, -0.1) is 0 Å². The van der Waals surface area contributed by atoms with E-state index in [1.54, 1.807) is 19.4 Å². The zero-order valence-corrected chi connectivity index (χ0v) is 11.9. The van der Waals surface area contributed by atoms with E-state index in [1.807, 2.05) is 6.07 Å². The Morgan fingerprint density at radius 3 is 3.29 bits per heavy atom. The molecule has 1 aliphatic rings. The Hall–Kier alpha value is -2.55. The maximum absolute atomic E-state index is 11.6. The molecule has 0 radical (unpaired) electrons. The summed E-state index contributed by atoms with van der Waals surface area (Å²) < 4.78 is 0. The molecule has 3 rings (SSSR count). The molecule has 3 heterocycles. The van der Waals surface area contributed by atoms with Gasteiger partial charge in [0.1, 0.15) is 5.52 Å². The van der Waals surface area contributed by atoms with Crippen LogP contribution >= 0.6 is 0 Å². The molecule has 2 aromatic rings. The summed E-state index contributed by atoms with van der Waals surface area (Å²) in [6.07, 6.45) is 5.42. The van der Waals surface area contributed by atoms with E-state index in [4.69, 9.17) is 0 Å². The summed E-state index contributed by atoms with van der Waals surface area (Å²) in [7, 11) is 0. The molecule has 1 aliphatic heterocycles. The summed E-state index contributed by atoms with van der Waals surface area (Å²) in [5, 5.41) is 2.95. The molecule has 1 unspecified atom stereocenters. The van der Waals surface area contributed by atoms with Crippen molar-refractivity contribution in [3.63, 3.8) is 0 Å². The molecule has 21 heavy (non-hydrogen) atoms. The highest BCUT2D eigenvalue weighted by molar-refractivity contribution is 5.93. The number of anilines is 1. The summed E-state index contributed by atoms with van der Waals surface area (Å²) >= 11 is 0. The highest BCUT2D eigenvalue weighted by atomic mass is 16.1. The number of hydrogen-bond donors (Lipinski definition) is 2. The second-order valence-corrected chi connectivity index (χ2v) is 5.07. The van der Waals surface area contributed by atoms with Gasteiger partial charge in [-0.3, -0.25) is 4.79 Å². The van der Waals surface area contributed by atoms with E-state index >= 15 is 0 Å². The van der Waals surface area contributed by atoms with Crippen LogP contribution in [0.4, 0.5) is 5.82 Å². The van der Waals surface area contributed by atoms with Crippen LogP contribution in [0.15, 0.2) is 18.6 Å². The predicted molar refractivity (Wildman–Crippen MR) is 80.7 cm³/mol. The number of H-pyrrole nitrogens is 1. The lowest BCUT2D eigenvalue weighted by Gasteiger charge is -2.33. The topological polar surface area (TPSA) is 73.9 Å². The van der Waals surface area contributed by atoms with Gasteiger partial charge in [0.15, 0.2) is 5.82 Å². The Morgan fingerprint density at radius 2 is 2.43 bits per heavy atom. The lowest BCUT2D eigenvalue weighted by molar-refractivity contribution is -0.116. The van der Waals surface area contributed by atoms with Crippen LogP contribution in [0.2, 0.25) is 0 Å². The average molecular weight is 283 g/mol. The molecule has 108 valence electrons. The molecule has 0 saturated carbocycles. The fraction of sp³-hybridized carbons (Fsp3) is 0.400. The molecule has 1 amide bonds. The average Bonchev–Trinajstić information content (AvgIpc) is 2.96. The van der Waals surface area contributed by atoms with Crippen LogP contribution < -0.4 is 10.2 Å². The molecule has 2 aromatic heterocycles. The number of rotatable bonds is 2. The normalized spacial score (nSPS) is 18.1. The molecule has 0 aliphatic carbocycles. The Kier molecular flexibility index (Phi) is 3.73. The molecular weight excluding hydrogens is 266 g/mol. The van der Waals surface area contributed by atoms with Crippen molar-refractivity contribution in [2.24, 2.45) is 0 Å². The zero-order valence-electron chi connectivity index (χ0n) is 11.9. The van der Waals surface area contributed by atoms with Gasteiger partial charge in [-0.25, -0.2) is 9.97 Å². The van der Waals surface area contributed by atoms with Gasteiger partial charge in [0.05, 0.1) is 11.8 Å². The Labute approximate surface area is 123 Å². The maximum atomic E-state index is 11.6. The molecule has 0 bridgehead atoms. The van der Waals surface area contributed by atoms with Gasteiger partial charge in [-0.1, -0.05) is 5.92 Å². The van der Waals surface area contributed by atoms with Gasteiger partial charge >= 0.3 is 0 Å². The number of amides is 1. The van der Waals surface area contributed by atoms with Gasteiger partial charge in [0, 0.05) is 25.3 Å². The molecule has 0 aromatic carbocycles. The summed E-state index contributed by atoms with van der Waals surface area (Å²) in [5.74, 6) is 5.80. The lowest BCUT2D eigenvalue weighted by Crippen LogP contribution is -2.47. The summed E-state index contributed by atoms with van der Waals surface area (Å²) in [6.45, 7) is 3.32. The third kappa shape index (κ3) is 2.82. The number of aromatic amines is 1. The number of hydrogen-bond acceptors (Lipinski definition) is 4. The standard InChI is InChI=1S/C15H17N5O/c1-2-4-13(21)19-11-5-3-8-20(9-11)15-14-12(6-7-16-15)17-10-18-14/h6-7,10-11H,3,5,8-9H2,1H3,(H,17,18)(H,19,21). The van der Waals surface area contributed by atoms with Gasteiger partial charge in [0.2, 0.25) is 0 Å². The third-order valence-electron chi connectivity index (χ3n) is 3.61. The Balaban J connectivity index is 1.78. The van der Waals surface area contributed by atoms with Crippen molar-refractivity contribution >= 4 is 22.8 Å². The number of nitrogens with one attached hydrogen (secondary N) is 2. The second kappa shape index (κ2) is 5.83. The van der Waals surface area contributed by atoms with Crippen molar-refractivity contribution < 1.29 is 4.79 Å². The highest BCUT2D eigenvalue weighted by Crippen LogP contribution is 2.24. The molecule has 2 N–H and O–H groups in total. The third-order valence-corrected chi connectivity index (χ3v) is 3.61. The van der Waals surface area contributed by atoms with Gasteiger partial charge in [0.25, 0.3) is 5.91 Å². The minimum Gasteiger partial charge on any atom is -0.353 e. The van der Waals surface area contributed by atoms with Crippen molar-refractivity contribution in [3.8, 4) is 11.8 Å². The molecule has 6 nitrogen and oxygen atoms in total. The van der Waals surface area contributed by atoms with Crippen LogP contribution in [-0.2, 0) is 4.79 Å². The maximum Gasteiger partial charge on any atom is 0.296 e. The van der Waals surface area contributed by atoms with Crippen molar-refractivity contribution in [1.82, 2.24) is 20.3 Å². The largest absolute Gasteiger partial charge is 0.353 e. The van der Waals surface area contributed by atoms with Crippen LogP contribution in [0.5, 0.6) is 0 Å². The number of pyridine rings is 1. The van der Waals surface area contributed by atoms with Crippen LogP contribution in [-0.4, -0.2) is 40.0 Å². The fourth-order valence-corrected chi connectivity index (χ4v) is 2.71. The Bertz CT molecular complexity index is 711. The molecule has 1 saturated heterocycles. The van der Waals surface area contributed by atoms with Crippen LogP contribution in [0.3, 0.4) is 0 Å². The van der Waals surface area contributed by atoms with Crippen molar-refractivity contribution in [3.05, 3.63) is 18.6 Å². The van der Waals surface area contributed by atoms with Gasteiger partial charge < -0.3 is 15.2 Å². The molecule has 0 spiro atoms. The van der Waals surface area contributed by atoms with Crippen molar-refractivity contribution in [2.75, 3.05) is 18.0 Å². The number of nitrogens with zero attached hydrogens (tertiary/aromatic N) is 3. The first-order valence-electron chi connectivity index (χ1n) is 7.04. The SMILES string of the molecule is CC#CC(=O)NC1CCCN(c2nccc3[nH]cnc23)C1. The number of carbonyl (C=O) groups excluding carboxylic acids is 1. The van der Waals surface area contributed by atoms with Gasteiger partial charge in [-0.05, 0) is 31.8 Å². The number of carbonyl (C=O) groups is 1. The first kappa shape index (κ1) is 13.4. The smallest absolute Gasteiger partial charge is 0.296 e. The van der Waals surface area contributed by atoms with E-state index < -0.39 is 0 Å². The van der Waals surface area contributed by atoms with Crippen molar-refractivity contribution in [1.29, 1.82) is 0 Å². The number of aromatic nitrogens is 3. The van der Waals surface area contributed by atoms with Crippen LogP contribution in [0.1, 0.15) is 19.8 Å². The van der Waals surface area contributed by atoms with E-state index in [2.05, 4.69) is 37.0 Å². The van der Waals surface area contributed by atoms with E-state index in [0.717, 1.165) is 42.8 Å². The molecule has 1 atom stereocenters. The number of piperidine rings is 1. The van der Waals surface area contributed by atoms with E-state index in [1.165, 1.54) is 0 Å². The fourth-order valence-electron chi connectivity index (χ4n) is 2.71. The number of fused-ring (bicyclic) bond motifs is 1. The highest BCUT2D eigenvalue weighted by Gasteiger charge is 2.23. The first-order valence-corrected chi connectivity index (χ1v) is 7.04. The van der Waals surface area contributed by atoms with E-state index in [0.29, 0.717) is 0 Å². The van der Waals surface area contributed by atoms with Gasteiger partial charge in [-0.2, -0.15) is 0 Å². The first-order chi connectivity index (χ1) is 10.3. The van der Waals surface area contributed by atoms with Crippen LogP contribution in [0, 0.1) is 11.8 Å². The summed E-state index contributed by atoms with van der Waals surface area (Å²) in [4.78, 5) is 25.7. The lowest BCUT2D eigenvalue weighted by atomic mass is 10.1. The summed E-state index contributed by atoms with van der Waals surface area (Å²) in [5.41, 5.74) is 1.85. The van der Waals surface area contributed by atoms with E-state index in [9.17, 15) is 4.79 Å². The van der Waals surface area contributed by atoms with Crippen LogP contribution in [0.25, 0.3) is 11.0 Å². The van der Waals surface area contributed by atoms with Crippen molar-refractivity contribution in [2.45, 2.75) is 25.8 Å². The molecular formula is C15H17N5O. The Morgan fingerprint density at radius 1 is 1.52 bits per heavy atom. The monoisotopic (exact) mass is 283 g/mol. The molecule has 1 fully saturated rings.